The fourth-order valence-electron chi connectivity index (χ4n) is 2.25. The first kappa shape index (κ1) is 19.5. The Morgan fingerprint density at radius 1 is 1.15 bits per heavy atom. The molecule has 2 amide bonds. The van der Waals surface area contributed by atoms with Crippen LogP contribution in [-0.2, 0) is 15.8 Å². The van der Waals surface area contributed by atoms with E-state index in [4.69, 9.17) is 4.42 Å². The summed E-state index contributed by atoms with van der Waals surface area (Å²) < 4.78 is 43.3. The average Bonchev–Trinajstić information content (AvgIpc) is 3.08. The van der Waals surface area contributed by atoms with E-state index in [1.807, 2.05) is 0 Å². The van der Waals surface area contributed by atoms with Gasteiger partial charge in [0.05, 0.1) is 17.9 Å². The van der Waals surface area contributed by atoms with Crippen LogP contribution in [-0.4, -0.2) is 37.4 Å². The number of rotatable bonds is 5. The molecule has 6 nitrogen and oxygen atoms in total. The number of amides is 2. The topological polar surface area (TPSA) is 74.6 Å². The Balaban J connectivity index is 1.96. The van der Waals surface area contributed by atoms with E-state index in [1.165, 1.54) is 12.3 Å². The van der Waals surface area contributed by atoms with Gasteiger partial charge in [0, 0.05) is 12.2 Å². The van der Waals surface area contributed by atoms with Crippen LogP contribution in [0.3, 0.4) is 0 Å². The lowest BCUT2D eigenvalue weighted by atomic mass is 10.2. The van der Waals surface area contributed by atoms with E-state index < -0.39 is 23.6 Å². The summed E-state index contributed by atoms with van der Waals surface area (Å²) in [6, 6.07) is 7.20. The number of furan rings is 1. The number of halogens is 3. The lowest BCUT2D eigenvalue weighted by Gasteiger charge is -2.22. The van der Waals surface area contributed by atoms with E-state index in [1.54, 1.807) is 31.1 Å². The Morgan fingerprint density at radius 2 is 1.88 bits per heavy atom. The maximum atomic E-state index is 12.7. The van der Waals surface area contributed by atoms with E-state index in [-0.39, 0.29) is 18.3 Å². The highest BCUT2D eigenvalue weighted by atomic mass is 19.4. The van der Waals surface area contributed by atoms with E-state index in [0.29, 0.717) is 5.76 Å². The molecule has 1 atom stereocenters. The summed E-state index contributed by atoms with van der Waals surface area (Å²) in [5.74, 6) is -1.41. The summed E-state index contributed by atoms with van der Waals surface area (Å²) in [5, 5.41) is 4.60. The number of benzene rings is 1. The molecule has 1 unspecified atom stereocenters. The predicted octanol–water partition coefficient (Wildman–Crippen LogP) is 2.66. The second-order valence-electron chi connectivity index (χ2n) is 5.74. The first-order valence-corrected chi connectivity index (χ1v) is 7.64. The molecule has 0 spiro atoms. The normalized spacial score (nSPS) is 12.7. The molecule has 2 aromatic rings. The van der Waals surface area contributed by atoms with Crippen LogP contribution in [0.1, 0.15) is 17.4 Å². The Hall–Kier alpha value is -2.81. The van der Waals surface area contributed by atoms with Crippen molar-refractivity contribution in [1.82, 2.24) is 10.2 Å². The van der Waals surface area contributed by atoms with Crippen molar-refractivity contribution < 1.29 is 27.2 Å². The zero-order chi connectivity index (χ0) is 19.3. The minimum Gasteiger partial charge on any atom is -0.468 e. The second-order valence-corrected chi connectivity index (χ2v) is 5.74. The number of hydrogen-bond acceptors (Lipinski definition) is 4. The van der Waals surface area contributed by atoms with Gasteiger partial charge in [-0.3, -0.25) is 14.5 Å². The van der Waals surface area contributed by atoms with Crippen molar-refractivity contribution in [2.24, 2.45) is 0 Å². The molecular formula is C17H18F3N3O3. The van der Waals surface area contributed by atoms with Gasteiger partial charge in [-0.25, -0.2) is 0 Å². The summed E-state index contributed by atoms with van der Waals surface area (Å²) in [5.41, 5.74) is -1.03. The van der Waals surface area contributed by atoms with Crippen LogP contribution in [0.15, 0.2) is 47.1 Å². The van der Waals surface area contributed by atoms with Crippen LogP contribution in [0, 0.1) is 0 Å². The maximum absolute atomic E-state index is 12.7. The molecule has 0 radical (unpaired) electrons. The van der Waals surface area contributed by atoms with Crippen molar-refractivity contribution in [3.8, 4) is 0 Å². The molecule has 1 heterocycles. The highest BCUT2D eigenvalue weighted by Crippen LogP contribution is 2.30. The van der Waals surface area contributed by atoms with Gasteiger partial charge in [0.25, 0.3) is 0 Å². The number of hydrogen-bond donors (Lipinski definition) is 2. The van der Waals surface area contributed by atoms with Gasteiger partial charge < -0.3 is 15.1 Å². The minimum atomic E-state index is -4.54. The van der Waals surface area contributed by atoms with Gasteiger partial charge in [0.1, 0.15) is 5.76 Å². The number of carbonyl (C=O) groups is 2. The zero-order valence-corrected chi connectivity index (χ0v) is 14.1. The number of nitrogens with one attached hydrogen (secondary N) is 2. The molecule has 0 saturated carbocycles. The van der Waals surface area contributed by atoms with Gasteiger partial charge in [-0.15, -0.1) is 0 Å². The molecule has 1 aromatic carbocycles. The molecule has 0 saturated heterocycles. The third-order valence-corrected chi connectivity index (χ3v) is 3.60. The molecule has 0 bridgehead atoms. The summed E-state index contributed by atoms with van der Waals surface area (Å²) in [6.07, 6.45) is -3.04. The largest absolute Gasteiger partial charge is 0.468 e. The molecule has 0 aliphatic rings. The van der Waals surface area contributed by atoms with Crippen molar-refractivity contribution >= 4 is 17.5 Å². The van der Waals surface area contributed by atoms with Crippen molar-refractivity contribution in [3.05, 3.63) is 54.0 Å². The number of anilines is 1. The molecule has 140 valence electrons. The number of carbonyl (C=O) groups excluding carboxylic acids is 2. The van der Waals surface area contributed by atoms with Gasteiger partial charge in [-0.2, -0.15) is 13.2 Å². The standard InChI is InChI=1S/C17H18F3N3O3/c1-23(2)13(14-7-4-8-26-14)10-21-15(24)16(25)22-12-6-3-5-11(9-12)17(18,19)20/h3-9,13H,10H2,1-2H3,(H,21,24)(H,22,25). The Bertz CT molecular complexity index is 758. The fraction of sp³-hybridized carbons (Fsp3) is 0.294. The van der Waals surface area contributed by atoms with Gasteiger partial charge in [0.15, 0.2) is 0 Å². The van der Waals surface area contributed by atoms with Crippen molar-refractivity contribution in [2.45, 2.75) is 12.2 Å². The van der Waals surface area contributed by atoms with E-state index in [0.717, 1.165) is 18.2 Å². The van der Waals surface area contributed by atoms with Crippen molar-refractivity contribution in [1.29, 1.82) is 0 Å². The lowest BCUT2D eigenvalue weighted by molar-refractivity contribution is -0.137. The predicted molar refractivity (Wildman–Crippen MR) is 88.2 cm³/mol. The number of nitrogens with zero attached hydrogens (tertiary/aromatic N) is 1. The van der Waals surface area contributed by atoms with Gasteiger partial charge >= 0.3 is 18.0 Å². The number of alkyl halides is 3. The third kappa shape index (κ3) is 5.09. The van der Waals surface area contributed by atoms with E-state index in [2.05, 4.69) is 10.6 Å². The van der Waals surface area contributed by atoms with Gasteiger partial charge in [-0.05, 0) is 44.4 Å². The second kappa shape index (κ2) is 8.05. The molecule has 1 aromatic heterocycles. The summed E-state index contributed by atoms with van der Waals surface area (Å²) in [7, 11) is 3.56. The molecule has 2 rings (SSSR count). The minimum absolute atomic E-state index is 0.0926. The van der Waals surface area contributed by atoms with E-state index >= 15 is 0 Å². The monoisotopic (exact) mass is 369 g/mol. The maximum Gasteiger partial charge on any atom is 0.416 e. The van der Waals surface area contributed by atoms with Crippen LogP contribution in [0.4, 0.5) is 18.9 Å². The van der Waals surface area contributed by atoms with Crippen LogP contribution >= 0.6 is 0 Å². The quantitative estimate of drug-likeness (QED) is 0.795. The Kier molecular flexibility index (Phi) is 6.04. The Labute approximate surface area is 148 Å². The zero-order valence-electron chi connectivity index (χ0n) is 14.1. The molecule has 0 aliphatic carbocycles. The molecule has 9 heteroatoms. The number of likely N-dealkylation sites (N-methyl/N-ethyl adjacent to an activating group) is 1. The van der Waals surface area contributed by atoms with Crippen LogP contribution in [0.2, 0.25) is 0 Å². The molecular weight excluding hydrogens is 351 g/mol. The van der Waals surface area contributed by atoms with Crippen molar-refractivity contribution in [3.63, 3.8) is 0 Å². The highest BCUT2D eigenvalue weighted by molar-refractivity contribution is 6.39. The Morgan fingerprint density at radius 3 is 2.46 bits per heavy atom. The summed E-state index contributed by atoms with van der Waals surface area (Å²) in [6.45, 7) is 0.0926. The van der Waals surface area contributed by atoms with Gasteiger partial charge in [0.2, 0.25) is 0 Å². The first-order valence-electron chi connectivity index (χ1n) is 7.64. The van der Waals surface area contributed by atoms with Crippen LogP contribution in [0.5, 0.6) is 0 Å². The van der Waals surface area contributed by atoms with Crippen molar-refractivity contribution in [2.75, 3.05) is 26.0 Å². The SMILES string of the molecule is CN(C)C(CNC(=O)C(=O)Nc1cccc(C(F)(F)F)c1)c1ccco1. The third-order valence-electron chi connectivity index (χ3n) is 3.60. The summed E-state index contributed by atoms with van der Waals surface area (Å²) in [4.78, 5) is 25.6. The molecule has 0 aliphatic heterocycles. The molecule has 26 heavy (non-hydrogen) atoms. The lowest BCUT2D eigenvalue weighted by Crippen LogP contribution is -2.40. The molecule has 2 N–H and O–H groups in total. The summed E-state index contributed by atoms with van der Waals surface area (Å²) >= 11 is 0. The van der Waals surface area contributed by atoms with E-state index in [9.17, 15) is 22.8 Å². The average molecular weight is 369 g/mol. The van der Waals surface area contributed by atoms with Crippen LogP contribution < -0.4 is 10.6 Å². The fourth-order valence-corrected chi connectivity index (χ4v) is 2.25. The first-order chi connectivity index (χ1) is 12.2. The smallest absolute Gasteiger partial charge is 0.416 e. The molecule has 0 fully saturated rings. The highest BCUT2D eigenvalue weighted by Gasteiger charge is 2.30. The van der Waals surface area contributed by atoms with Crippen LogP contribution in [0.25, 0.3) is 0 Å². The van der Waals surface area contributed by atoms with Gasteiger partial charge in [-0.1, -0.05) is 6.07 Å².